The van der Waals surface area contributed by atoms with Crippen LogP contribution in [0, 0.1) is 6.92 Å². The molecular weight excluding hydrogens is 210 g/mol. The van der Waals surface area contributed by atoms with Gasteiger partial charge in [-0.25, -0.2) is 4.98 Å². The number of hydrogen-bond acceptors (Lipinski definition) is 4. The van der Waals surface area contributed by atoms with Crippen LogP contribution in [0.4, 0.5) is 5.13 Å². The van der Waals surface area contributed by atoms with E-state index >= 15 is 0 Å². The van der Waals surface area contributed by atoms with Crippen LogP contribution in [-0.2, 0) is 4.79 Å². The number of amides is 1. The zero-order valence-corrected chi connectivity index (χ0v) is 10.4. The minimum Gasteiger partial charge on any atom is -0.301 e. The molecule has 1 heterocycles. The molecule has 0 atom stereocenters. The fraction of sp³-hybridized carbons (Fsp3) is 0.600. The summed E-state index contributed by atoms with van der Waals surface area (Å²) in [5.41, 5.74) is 0.938. The smallest absolute Gasteiger partial charge is 0.240 e. The lowest BCUT2D eigenvalue weighted by molar-refractivity contribution is -0.117. The average molecular weight is 227 g/mol. The number of nitrogens with one attached hydrogen (secondary N) is 1. The third-order valence-corrected chi connectivity index (χ3v) is 3.02. The molecule has 0 bridgehead atoms. The molecule has 0 saturated carbocycles. The lowest BCUT2D eigenvalue weighted by atomic mass is 10.3. The van der Waals surface area contributed by atoms with Crippen molar-refractivity contribution in [3.05, 3.63) is 11.1 Å². The second kappa shape index (κ2) is 5.23. The van der Waals surface area contributed by atoms with E-state index < -0.39 is 0 Å². The predicted molar refractivity (Wildman–Crippen MR) is 63.2 cm³/mol. The third kappa shape index (κ3) is 3.97. The maximum atomic E-state index is 11.6. The number of carbonyl (C=O) groups is 1. The molecule has 1 N–H and O–H groups in total. The summed E-state index contributed by atoms with van der Waals surface area (Å²) in [5.74, 6) is -0.0134. The quantitative estimate of drug-likeness (QED) is 0.852. The van der Waals surface area contributed by atoms with Gasteiger partial charge in [-0.1, -0.05) is 0 Å². The van der Waals surface area contributed by atoms with Crippen molar-refractivity contribution in [2.75, 3.05) is 18.9 Å². The van der Waals surface area contributed by atoms with Gasteiger partial charge in [0.15, 0.2) is 5.13 Å². The molecule has 0 fully saturated rings. The van der Waals surface area contributed by atoms with Crippen LogP contribution in [0.15, 0.2) is 5.38 Å². The first-order valence-electron chi connectivity index (χ1n) is 4.91. The van der Waals surface area contributed by atoms with Crippen LogP contribution in [0.2, 0.25) is 0 Å². The number of rotatable bonds is 4. The van der Waals surface area contributed by atoms with E-state index in [1.807, 2.05) is 24.3 Å². The van der Waals surface area contributed by atoms with Gasteiger partial charge in [0.25, 0.3) is 0 Å². The number of hydrogen-bond donors (Lipinski definition) is 1. The SMILES string of the molecule is Cc1csc(NC(=O)CN(C)C(C)C)n1. The predicted octanol–water partition coefficient (Wildman–Crippen LogP) is 1.73. The van der Waals surface area contributed by atoms with Crippen LogP contribution in [0.25, 0.3) is 0 Å². The monoisotopic (exact) mass is 227 g/mol. The molecule has 0 aliphatic heterocycles. The Morgan fingerprint density at radius 2 is 2.33 bits per heavy atom. The van der Waals surface area contributed by atoms with Crippen molar-refractivity contribution in [3.63, 3.8) is 0 Å². The molecule has 4 nitrogen and oxygen atoms in total. The van der Waals surface area contributed by atoms with Crippen LogP contribution in [0.5, 0.6) is 0 Å². The van der Waals surface area contributed by atoms with Crippen molar-refractivity contribution in [3.8, 4) is 0 Å². The molecule has 1 amide bonds. The summed E-state index contributed by atoms with van der Waals surface area (Å²) < 4.78 is 0. The summed E-state index contributed by atoms with van der Waals surface area (Å²) in [4.78, 5) is 17.7. The van der Waals surface area contributed by atoms with E-state index in [2.05, 4.69) is 24.1 Å². The zero-order valence-electron chi connectivity index (χ0n) is 9.57. The molecule has 1 aromatic heterocycles. The molecule has 1 rings (SSSR count). The van der Waals surface area contributed by atoms with Gasteiger partial charge in [0, 0.05) is 11.4 Å². The Morgan fingerprint density at radius 1 is 1.67 bits per heavy atom. The molecule has 0 saturated heterocycles. The molecule has 0 radical (unpaired) electrons. The number of aromatic nitrogens is 1. The summed E-state index contributed by atoms with van der Waals surface area (Å²) in [6.07, 6.45) is 0. The van der Waals surface area contributed by atoms with Gasteiger partial charge in [-0.05, 0) is 27.8 Å². The summed E-state index contributed by atoms with van der Waals surface area (Å²) in [6.45, 7) is 6.42. The first-order chi connectivity index (χ1) is 6.99. The van der Waals surface area contributed by atoms with Crippen LogP contribution in [0.1, 0.15) is 19.5 Å². The van der Waals surface area contributed by atoms with Crippen molar-refractivity contribution in [2.45, 2.75) is 26.8 Å². The van der Waals surface area contributed by atoms with Gasteiger partial charge >= 0.3 is 0 Å². The molecule has 0 aromatic carbocycles. The first kappa shape index (κ1) is 12.1. The molecule has 0 unspecified atom stereocenters. The standard InChI is InChI=1S/C10H17N3OS/c1-7(2)13(4)5-9(14)12-10-11-8(3)6-15-10/h6-7H,5H2,1-4H3,(H,11,12,14). The lowest BCUT2D eigenvalue weighted by Crippen LogP contribution is -2.34. The largest absolute Gasteiger partial charge is 0.301 e. The molecule has 1 aromatic rings. The second-order valence-electron chi connectivity index (χ2n) is 3.85. The highest BCUT2D eigenvalue weighted by molar-refractivity contribution is 7.13. The topological polar surface area (TPSA) is 45.2 Å². The van der Waals surface area contributed by atoms with Crippen LogP contribution >= 0.6 is 11.3 Å². The van der Waals surface area contributed by atoms with Gasteiger partial charge in [0.1, 0.15) is 0 Å². The van der Waals surface area contributed by atoms with Gasteiger partial charge in [0.2, 0.25) is 5.91 Å². The molecular formula is C10H17N3OS. The molecule has 0 spiro atoms. The van der Waals surface area contributed by atoms with E-state index in [0.717, 1.165) is 5.69 Å². The first-order valence-corrected chi connectivity index (χ1v) is 5.79. The number of carbonyl (C=O) groups excluding carboxylic acids is 1. The van der Waals surface area contributed by atoms with Crippen molar-refractivity contribution >= 4 is 22.4 Å². The van der Waals surface area contributed by atoms with Crippen LogP contribution in [0.3, 0.4) is 0 Å². The second-order valence-corrected chi connectivity index (χ2v) is 4.71. The Kier molecular flexibility index (Phi) is 4.23. The summed E-state index contributed by atoms with van der Waals surface area (Å²) >= 11 is 1.45. The van der Waals surface area contributed by atoms with E-state index in [9.17, 15) is 4.79 Å². The van der Waals surface area contributed by atoms with Crippen molar-refractivity contribution in [1.82, 2.24) is 9.88 Å². The van der Waals surface area contributed by atoms with Crippen molar-refractivity contribution in [1.29, 1.82) is 0 Å². The third-order valence-electron chi connectivity index (χ3n) is 2.14. The van der Waals surface area contributed by atoms with E-state index in [1.54, 1.807) is 0 Å². The Morgan fingerprint density at radius 3 is 2.80 bits per heavy atom. The molecule has 84 valence electrons. The maximum Gasteiger partial charge on any atom is 0.240 e. The van der Waals surface area contributed by atoms with Gasteiger partial charge < -0.3 is 5.32 Å². The number of thiazole rings is 1. The minimum absolute atomic E-state index is 0.0134. The number of nitrogens with zero attached hydrogens (tertiary/aromatic N) is 2. The normalized spacial score (nSPS) is 11.1. The minimum atomic E-state index is -0.0134. The Labute approximate surface area is 94.3 Å². The summed E-state index contributed by atoms with van der Waals surface area (Å²) in [5, 5.41) is 5.37. The van der Waals surface area contributed by atoms with Crippen LogP contribution < -0.4 is 5.32 Å². The number of anilines is 1. The van der Waals surface area contributed by atoms with E-state index in [-0.39, 0.29) is 5.91 Å². The van der Waals surface area contributed by atoms with E-state index in [4.69, 9.17) is 0 Å². The van der Waals surface area contributed by atoms with Gasteiger partial charge in [0.05, 0.1) is 12.2 Å². The number of aryl methyl sites for hydroxylation is 1. The van der Waals surface area contributed by atoms with Gasteiger partial charge in [-0.2, -0.15) is 0 Å². The highest BCUT2D eigenvalue weighted by Gasteiger charge is 2.10. The zero-order chi connectivity index (χ0) is 11.4. The highest BCUT2D eigenvalue weighted by Crippen LogP contribution is 2.14. The summed E-state index contributed by atoms with van der Waals surface area (Å²) in [6, 6.07) is 0.369. The fourth-order valence-corrected chi connectivity index (χ4v) is 1.68. The van der Waals surface area contributed by atoms with Gasteiger partial charge in [-0.3, -0.25) is 9.69 Å². The van der Waals surface area contributed by atoms with Gasteiger partial charge in [-0.15, -0.1) is 11.3 Å². The molecule has 5 heteroatoms. The number of likely N-dealkylation sites (N-methyl/N-ethyl adjacent to an activating group) is 1. The van der Waals surface area contributed by atoms with Crippen molar-refractivity contribution in [2.24, 2.45) is 0 Å². The summed E-state index contributed by atoms with van der Waals surface area (Å²) in [7, 11) is 1.93. The molecule has 0 aliphatic rings. The van der Waals surface area contributed by atoms with Crippen LogP contribution in [-0.4, -0.2) is 35.4 Å². The fourth-order valence-electron chi connectivity index (χ4n) is 0.979. The van der Waals surface area contributed by atoms with E-state index in [1.165, 1.54) is 11.3 Å². The Hall–Kier alpha value is -0.940. The maximum absolute atomic E-state index is 11.6. The molecule has 0 aliphatic carbocycles. The Balaban J connectivity index is 2.43. The average Bonchev–Trinajstić information content (AvgIpc) is 2.50. The van der Waals surface area contributed by atoms with E-state index in [0.29, 0.717) is 17.7 Å². The molecule has 15 heavy (non-hydrogen) atoms. The Bertz CT molecular complexity index is 335. The lowest BCUT2D eigenvalue weighted by Gasteiger charge is -2.19. The highest BCUT2D eigenvalue weighted by atomic mass is 32.1. The van der Waals surface area contributed by atoms with Crippen molar-refractivity contribution < 1.29 is 4.79 Å².